The van der Waals surface area contributed by atoms with E-state index in [4.69, 9.17) is 9.47 Å². The summed E-state index contributed by atoms with van der Waals surface area (Å²) in [6, 6.07) is 8.25. The number of aryl methyl sites for hydroxylation is 1. The van der Waals surface area contributed by atoms with Crippen molar-refractivity contribution in [2.24, 2.45) is 0 Å². The molecule has 0 unspecified atom stereocenters. The number of rotatable bonds is 5. The minimum atomic E-state index is 0.169. The van der Waals surface area contributed by atoms with Gasteiger partial charge in [0, 0.05) is 24.6 Å². The summed E-state index contributed by atoms with van der Waals surface area (Å²) in [5.41, 5.74) is 1.99. The van der Waals surface area contributed by atoms with Gasteiger partial charge in [0.15, 0.2) is 0 Å². The van der Waals surface area contributed by atoms with E-state index in [1.165, 1.54) is 0 Å². The molecule has 0 N–H and O–H groups in total. The monoisotopic (exact) mass is 340 g/mol. The maximum Gasteiger partial charge on any atom is 0.225 e. The lowest BCUT2D eigenvalue weighted by Crippen LogP contribution is -2.44. The van der Waals surface area contributed by atoms with E-state index in [0.29, 0.717) is 19.3 Å². The van der Waals surface area contributed by atoms with Gasteiger partial charge < -0.3 is 14.4 Å². The van der Waals surface area contributed by atoms with E-state index >= 15 is 0 Å². The molecule has 0 amide bonds. The second kappa shape index (κ2) is 7.45. The molecule has 0 spiro atoms. The number of anilines is 1. The largest absolute Gasteiger partial charge is 0.372 e. The first kappa shape index (κ1) is 16.4. The Morgan fingerprint density at radius 1 is 1.16 bits per heavy atom. The van der Waals surface area contributed by atoms with E-state index in [1.807, 2.05) is 31.2 Å². The Hall–Kier alpha value is -2.05. The maximum absolute atomic E-state index is 6.28. The van der Waals surface area contributed by atoms with Crippen molar-refractivity contribution in [3.8, 4) is 0 Å². The van der Waals surface area contributed by atoms with E-state index in [1.54, 1.807) is 12.4 Å². The minimum absolute atomic E-state index is 0.169. The summed E-state index contributed by atoms with van der Waals surface area (Å²) in [6.07, 6.45) is 7.15. The quantitative estimate of drug-likeness (QED) is 0.833. The van der Waals surface area contributed by atoms with E-state index in [0.717, 1.165) is 43.1 Å². The highest BCUT2D eigenvalue weighted by Crippen LogP contribution is 2.33. The molecule has 2 saturated heterocycles. The predicted molar refractivity (Wildman–Crippen MR) is 94.3 cm³/mol. The maximum atomic E-state index is 6.28. The van der Waals surface area contributed by atoms with Crippen molar-refractivity contribution in [2.45, 2.75) is 51.0 Å². The van der Waals surface area contributed by atoms with Gasteiger partial charge in [-0.15, -0.1) is 0 Å². The third-order valence-corrected chi connectivity index (χ3v) is 4.94. The van der Waals surface area contributed by atoms with E-state index < -0.39 is 0 Å². The highest BCUT2D eigenvalue weighted by molar-refractivity contribution is 5.34. The van der Waals surface area contributed by atoms with E-state index in [9.17, 15) is 0 Å². The van der Waals surface area contributed by atoms with Crippen molar-refractivity contribution in [1.29, 1.82) is 0 Å². The smallest absolute Gasteiger partial charge is 0.225 e. The molecule has 132 valence electrons. The van der Waals surface area contributed by atoms with Crippen LogP contribution in [0.1, 0.15) is 30.7 Å². The van der Waals surface area contributed by atoms with Crippen LogP contribution in [0, 0.1) is 6.92 Å². The Morgan fingerprint density at radius 2 is 2.04 bits per heavy atom. The Balaban J connectivity index is 1.28. The van der Waals surface area contributed by atoms with Crippen LogP contribution in [-0.4, -0.2) is 46.4 Å². The van der Waals surface area contributed by atoms with Gasteiger partial charge >= 0.3 is 0 Å². The molecule has 0 saturated carbocycles. The lowest BCUT2D eigenvalue weighted by atomic mass is 9.99. The molecule has 2 fully saturated rings. The Kier molecular flexibility index (Phi) is 4.90. The van der Waals surface area contributed by atoms with Crippen LogP contribution in [0.5, 0.6) is 0 Å². The van der Waals surface area contributed by atoms with E-state index in [2.05, 4.69) is 19.9 Å². The number of nitrogens with zero attached hydrogens (tertiary/aromatic N) is 4. The normalized spacial score (nSPS) is 25.8. The van der Waals surface area contributed by atoms with Crippen LogP contribution in [0.2, 0.25) is 0 Å². The molecular weight excluding hydrogens is 316 g/mol. The minimum Gasteiger partial charge on any atom is -0.372 e. The van der Waals surface area contributed by atoms with Gasteiger partial charge in [-0.05, 0) is 44.4 Å². The number of aromatic nitrogens is 3. The summed E-state index contributed by atoms with van der Waals surface area (Å²) in [6.45, 7) is 4.12. The third-order valence-electron chi connectivity index (χ3n) is 4.94. The molecule has 0 aromatic carbocycles. The fourth-order valence-electron chi connectivity index (χ4n) is 3.78. The lowest BCUT2D eigenvalue weighted by Gasteiger charge is -2.35. The van der Waals surface area contributed by atoms with Gasteiger partial charge in [0.25, 0.3) is 0 Å². The first-order valence-electron chi connectivity index (χ1n) is 8.99. The molecular formula is C19H24N4O2. The Bertz CT molecular complexity index is 697. The molecule has 2 aliphatic rings. The van der Waals surface area contributed by atoms with Crippen LogP contribution in [0.4, 0.5) is 5.95 Å². The zero-order valence-electron chi connectivity index (χ0n) is 14.5. The Morgan fingerprint density at radius 3 is 2.88 bits per heavy atom. The average Bonchev–Trinajstić information content (AvgIpc) is 3.06. The molecule has 0 radical (unpaired) electrons. The summed E-state index contributed by atoms with van der Waals surface area (Å²) in [4.78, 5) is 15.5. The highest BCUT2D eigenvalue weighted by atomic mass is 16.5. The van der Waals surface area contributed by atoms with Gasteiger partial charge in [-0.25, -0.2) is 9.97 Å². The summed E-state index contributed by atoms with van der Waals surface area (Å²) in [5, 5.41) is 0. The van der Waals surface area contributed by atoms with Gasteiger partial charge in [-0.3, -0.25) is 4.98 Å². The predicted octanol–water partition coefficient (Wildman–Crippen LogP) is 2.52. The third kappa shape index (κ3) is 3.80. The fraction of sp³-hybridized carbons (Fsp3) is 0.526. The number of ether oxygens (including phenoxy) is 2. The average molecular weight is 340 g/mol. The van der Waals surface area contributed by atoms with Gasteiger partial charge in [-0.1, -0.05) is 6.07 Å². The first-order chi connectivity index (χ1) is 12.3. The summed E-state index contributed by atoms with van der Waals surface area (Å²) in [5.74, 6) is 0.818. The molecule has 6 heteroatoms. The topological polar surface area (TPSA) is 60.4 Å². The molecule has 2 aliphatic heterocycles. The molecule has 4 rings (SSSR count). The van der Waals surface area contributed by atoms with Gasteiger partial charge in [0.1, 0.15) is 0 Å². The summed E-state index contributed by atoms with van der Waals surface area (Å²) < 4.78 is 12.1. The van der Waals surface area contributed by atoms with Crippen molar-refractivity contribution >= 4 is 5.95 Å². The standard InChI is InChI=1S/C19H24N4O2/c1-14-4-2-5-15(22-14)12-24-13-16-6-7-17-18(25-16)8-11-23(17)19-20-9-3-10-21-19/h2-5,9-10,16-18H,6-8,11-13H2,1H3/t16-,17+,18+/m0/s1. The second-order valence-electron chi connectivity index (χ2n) is 6.76. The SMILES string of the molecule is Cc1cccc(COC[C@@H]2CC[C@@H]3[C@@H](CCN3c3ncccn3)O2)n1. The van der Waals surface area contributed by atoms with Gasteiger partial charge in [0.05, 0.1) is 37.2 Å². The summed E-state index contributed by atoms with van der Waals surface area (Å²) >= 11 is 0. The molecule has 0 aliphatic carbocycles. The summed E-state index contributed by atoms with van der Waals surface area (Å²) in [7, 11) is 0. The Labute approximate surface area is 148 Å². The zero-order chi connectivity index (χ0) is 17.1. The van der Waals surface area contributed by atoms with Crippen molar-refractivity contribution in [3.63, 3.8) is 0 Å². The highest BCUT2D eigenvalue weighted by Gasteiger charge is 2.40. The number of hydrogen-bond donors (Lipinski definition) is 0. The molecule has 2 aromatic heterocycles. The van der Waals surface area contributed by atoms with Crippen LogP contribution in [0.25, 0.3) is 0 Å². The molecule has 0 bridgehead atoms. The van der Waals surface area contributed by atoms with Crippen LogP contribution in [-0.2, 0) is 16.1 Å². The van der Waals surface area contributed by atoms with Gasteiger partial charge in [0.2, 0.25) is 5.95 Å². The molecule has 25 heavy (non-hydrogen) atoms. The van der Waals surface area contributed by atoms with Crippen LogP contribution in [0.3, 0.4) is 0 Å². The lowest BCUT2D eigenvalue weighted by molar-refractivity contribution is -0.0892. The van der Waals surface area contributed by atoms with Crippen LogP contribution < -0.4 is 4.90 Å². The first-order valence-corrected chi connectivity index (χ1v) is 8.99. The fourth-order valence-corrected chi connectivity index (χ4v) is 3.78. The van der Waals surface area contributed by atoms with Crippen molar-refractivity contribution in [2.75, 3.05) is 18.1 Å². The number of fused-ring (bicyclic) bond motifs is 1. The number of hydrogen-bond acceptors (Lipinski definition) is 6. The van der Waals surface area contributed by atoms with Gasteiger partial charge in [-0.2, -0.15) is 0 Å². The van der Waals surface area contributed by atoms with Crippen LogP contribution >= 0.6 is 0 Å². The molecule has 3 atom stereocenters. The zero-order valence-corrected chi connectivity index (χ0v) is 14.5. The van der Waals surface area contributed by atoms with Crippen molar-refractivity contribution in [3.05, 3.63) is 48.0 Å². The molecule has 6 nitrogen and oxygen atoms in total. The number of pyridine rings is 1. The molecule has 4 heterocycles. The van der Waals surface area contributed by atoms with Crippen molar-refractivity contribution < 1.29 is 9.47 Å². The van der Waals surface area contributed by atoms with E-state index in [-0.39, 0.29) is 12.2 Å². The van der Waals surface area contributed by atoms with Crippen LogP contribution in [0.15, 0.2) is 36.7 Å². The second-order valence-corrected chi connectivity index (χ2v) is 6.76. The molecule has 2 aromatic rings. The van der Waals surface area contributed by atoms with Crippen molar-refractivity contribution in [1.82, 2.24) is 15.0 Å².